The van der Waals surface area contributed by atoms with Crippen molar-refractivity contribution in [2.75, 3.05) is 11.9 Å². The summed E-state index contributed by atoms with van der Waals surface area (Å²) in [5, 5.41) is 3.24. The van der Waals surface area contributed by atoms with Gasteiger partial charge in [-0.1, -0.05) is 0 Å². The van der Waals surface area contributed by atoms with Crippen LogP contribution in [0, 0.1) is 5.82 Å². The molecule has 0 amide bonds. The lowest BCUT2D eigenvalue weighted by molar-refractivity contribution is 0.0526. The van der Waals surface area contributed by atoms with Crippen LogP contribution in [-0.2, 0) is 4.74 Å². The van der Waals surface area contributed by atoms with E-state index in [4.69, 9.17) is 4.74 Å². The average Bonchev–Trinajstić information content (AvgIpc) is 2.49. The molecule has 1 unspecified atom stereocenters. The Morgan fingerprint density at radius 1 is 1.29 bits per heavy atom. The number of hydrogen-bond acceptors (Lipinski definition) is 4. The van der Waals surface area contributed by atoms with Gasteiger partial charge in [0, 0.05) is 5.69 Å². The molecule has 110 valence electrons. The fourth-order valence-corrected chi connectivity index (χ4v) is 1.88. The summed E-state index contributed by atoms with van der Waals surface area (Å²) < 4.78 is 17.8. The molecule has 5 heteroatoms. The maximum absolute atomic E-state index is 12.8. The number of hydrogen-bond donors (Lipinski definition) is 1. The number of esters is 1. The van der Waals surface area contributed by atoms with Gasteiger partial charge >= 0.3 is 5.97 Å². The van der Waals surface area contributed by atoms with E-state index in [0.29, 0.717) is 12.2 Å². The predicted molar refractivity (Wildman–Crippen MR) is 78.6 cm³/mol. The number of halogens is 1. The van der Waals surface area contributed by atoms with E-state index in [1.165, 1.54) is 12.3 Å². The summed E-state index contributed by atoms with van der Waals surface area (Å²) in [6, 6.07) is 9.94. The van der Waals surface area contributed by atoms with Gasteiger partial charge < -0.3 is 10.1 Å². The summed E-state index contributed by atoms with van der Waals surface area (Å²) >= 11 is 0. The van der Waals surface area contributed by atoms with Gasteiger partial charge in [0.2, 0.25) is 0 Å². The standard InChI is InChI=1S/C16H17FN2O2/c1-3-21-16(20)12-4-7-14(8-5-12)19-11(2)15-9-6-13(17)10-18-15/h4-11,19H,3H2,1-2H3. The fourth-order valence-electron chi connectivity index (χ4n) is 1.88. The second-order valence-corrected chi connectivity index (χ2v) is 4.57. The van der Waals surface area contributed by atoms with E-state index in [1.54, 1.807) is 37.3 Å². The van der Waals surface area contributed by atoms with Gasteiger partial charge in [-0.2, -0.15) is 0 Å². The molecule has 0 fully saturated rings. The Balaban J connectivity index is 2.02. The van der Waals surface area contributed by atoms with E-state index >= 15 is 0 Å². The lowest BCUT2D eigenvalue weighted by Crippen LogP contribution is -2.09. The molecule has 0 spiro atoms. The van der Waals surface area contributed by atoms with Crippen molar-refractivity contribution in [3.05, 3.63) is 59.7 Å². The zero-order valence-electron chi connectivity index (χ0n) is 12.0. The highest BCUT2D eigenvalue weighted by molar-refractivity contribution is 5.89. The minimum atomic E-state index is -0.357. The molecule has 1 aromatic carbocycles. The monoisotopic (exact) mass is 288 g/mol. The highest BCUT2D eigenvalue weighted by atomic mass is 19.1. The molecule has 2 rings (SSSR count). The number of carbonyl (C=O) groups is 1. The van der Waals surface area contributed by atoms with Crippen LogP contribution in [0.2, 0.25) is 0 Å². The Hall–Kier alpha value is -2.43. The van der Waals surface area contributed by atoms with Gasteiger partial charge in [-0.3, -0.25) is 4.98 Å². The van der Waals surface area contributed by atoms with Crippen LogP contribution in [0.5, 0.6) is 0 Å². The molecule has 1 aromatic heterocycles. The first-order valence-electron chi connectivity index (χ1n) is 6.75. The van der Waals surface area contributed by atoms with Crippen molar-refractivity contribution in [2.45, 2.75) is 19.9 Å². The smallest absolute Gasteiger partial charge is 0.338 e. The number of pyridine rings is 1. The Morgan fingerprint density at radius 3 is 2.57 bits per heavy atom. The van der Waals surface area contributed by atoms with Crippen LogP contribution < -0.4 is 5.32 Å². The number of benzene rings is 1. The molecule has 1 N–H and O–H groups in total. The number of nitrogens with zero attached hydrogens (tertiary/aromatic N) is 1. The van der Waals surface area contributed by atoms with Crippen LogP contribution in [0.3, 0.4) is 0 Å². The lowest BCUT2D eigenvalue weighted by Gasteiger charge is -2.15. The van der Waals surface area contributed by atoms with Crippen LogP contribution in [0.4, 0.5) is 10.1 Å². The molecule has 0 saturated heterocycles. The van der Waals surface area contributed by atoms with Crippen LogP contribution in [0.25, 0.3) is 0 Å². The van der Waals surface area contributed by atoms with Crippen LogP contribution in [0.1, 0.15) is 35.9 Å². The third-order valence-corrected chi connectivity index (χ3v) is 2.97. The summed E-state index contributed by atoms with van der Waals surface area (Å²) in [6.07, 6.45) is 1.19. The van der Waals surface area contributed by atoms with Crippen molar-refractivity contribution in [3.8, 4) is 0 Å². The number of nitrogens with one attached hydrogen (secondary N) is 1. The molecular formula is C16H17FN2O2. The van der Waals surface area contributed by atoms with E-state index in [2.05, 4.69) is 10.3 Å². The Labute approximate surface area is 123 Å². The van der Waals surface area contributed by atoms with Crippen LogP contribution in [-0.4, -0.2) is 17.6 Å². The van der Waals surface area contributed by atoms with Gasteiger partial charge in [0.1, 0.15) is 5.82 Å². The fraction of sp³-hybridized carbons (Fsp3) is 0.250. The molecule has 0 radical (unpaired) electrons. The van der Waals surface area contributed by atoms with Gasteiger partial charge in [0.25, 0.3) is 0 Å². The lowest BCUT2D eigenvalue weighted by atomic mass is 10.1. The SMILES string of the molecule is CCOC(=O)c1ccc(NC(C)c2ccc(F)cn2)cc1. The molecule has 21 heavy (non-hydrogen) atoms. The molecule has 0 saturated carbocycles. The number of anilines is 1. The largest absolute Gasteiger partial charge is 0.462 e. The van der Waals surface area contributed by atoms with Gasteiger partial charge in [0.05, 0.1) is 30.1 Å². The molecule has 0 bridgehead atoms. The quantitative estimate of drug-likeness (QED) is 0.855. The molecular weight excluding hydrogens is 271 g/mol. The topological polar surface area (TPSA) is 51.2 Å². The summed E-state index contributed by atoms with van der Waals surface area (Å²) in [5.74, 6) is -0.693. The van der Waals surface area contributed by atoms with Crippen LogP contribution in [0.15, 0.2) is 42.6 Å². The molecule has 0 aliphatic rings. The first-order valence-corrected chi connectivity index (χ1v) is 6.75. The van der Waals surface area contributed by atoms with Crippen molar-refractivity contribution in [2.24, 2.45) is 0 Å². The summed E-state index contributed by atoms with van der Waals surface area (Å²) in [5.41, 5.74) is 2.10. The second kappa shape index (κ2) is 6.83. The number of carbonyl (C=O) groups excluding carboxylic acids is 1. The summed E-state index contributed by atoms with van der Waals surface area (Å²) in [4.78, 5) is 15.6. The van der Waals surface area contributed by atoms with E-state index in [9.17, 15) is 9.18 Å². The summed E-state index contributed by atoms with van der Waals surface area (Å²) in [6.45, 7) is 4.05. The summed E-state index contributed by atoms with van der Waals surface area (Å²) in [7, 11) is 0. The van der Waals surface area contributed by atoms with Gasteiger partial charge in [0.15, 0.2) is 0 Å². The van der Waals surface area contributed by atoms with E-state index < -0.39 is 0 Å². The normalized spacial score (nSPS) is 11.8. The van der Waals surface area contributed by atoms with Crippen molar-refractivity contribution >= 4 is 11.7 Å². The van der Waals surface area contributed by atoms with Crippen LogP contribution >= 0.6 is 0 Å². The third kappa shape index (κ3) is 4.02. The molecule has 0 aliphatic carbocycles. The van der Waals surface area contributed by atoms with Gasteiger partial charge in [-0.05, 0) is 50.2 Å². The first kappa shape index (κ1) is 15.0. The highest BCUT2D eigenvalue weighted by Gasteiger charge is 2.09. The molecule has 1 heterocycles. The first-order chi connectivity index (χ1) is 10.1. The molecule has 1 atom stereocenters. The number of aromatic nitrogens is 1. The van der Waals surface area contributed by atoms with Crippen molar-refractivity contribution in [3.63, 3.8) is 0 Å². The highest BCUT2D eigenvalue weighted by Crippen LogP contribution is 2.18. The Morgan fingerprint density at radius 2 is 2.00 bits per heavy atom. The maximum Gasteiger partial charge on any atom is 0.338 e. The zero-order chi connectivity index (χ0) is 15.2. The predicted octanol–water partition coefficient (Wildman–Crippen LogP) is 3.57. The van der Waals surface area contributed by atoms with Crippen molar-refractivity contribution in [1.82, 2.24) is 4.98 Å². The Kier molecular flexibility index (Phi) is 4.87. The second-order valence-electron chi connectivity index (χ2n) is 4.57. The van der Waals surface area contributed by atoms with Gasteiger partial charge in [-0.25, -0.2) is 9.18 Å². The van der Waals surface area contributed by atoms with E-state index in [1.807, 2.05) is 6.92 Å². The minimum absolute atomic E-state index is 0.0703. The molecule has 4 nitrogen and oxygen atoms in total. The molecule has 2 aromatic rings. The van der Waals surface area contributed by atoms with Crippen molar-refractivity contribution in [1.29, 1.82) is 0 Å². The Bertz CT molecular complexity index is 597. The zero-order valence-corrected chi connectivity index (χ0v) is 12.0. The van der Waals surface area contributed by atoms with Gasteiger partial charge in [-0.15, -0.1) is 0 Å². The average molecular weight is 288 g/mol. The number of ether oxygens (including phenoxy) is 1. The third-order valence-electron chi connectivity index (χ3n) is 2.97. The number of rotatable bonds is 5. The molecule has 0 aliphatic heterocycles. The van der Waals surface area contributed by atoms with Crippen molar-refractivity contribution < 1.29 is 13.9 Å². The minimum Gasteiger partial charge on any atom is -0.462 e. The van der Waals surface area contributed by atoms with E-state index in [-0.39, 0.29) is 17.8 Å². The maximum atomic E-state index is 12.8. The van der Waals surface area contributed by atoms with E-state index in [0.717, 1.165) is 11.4 Å².